The maximum absolute atomic E-state index is 14.3. The third-order valence-corrected chi connectivity index (χ3v) is 10.4. The van der Waals surface area contributed by atoms with E-state index >= 15 is 0 Å². The number of hydrogen-bond acceptors (Lipinski definition) is 6. The van der Waals surface area contributed by atoms with Crippen LogP contribution in [-0.2, 0) is 14.3 Å². The summed E-state index contributed by atoms with van der Waals surface area (Å²) in [5, 5.41) is 1.72. The molecule has 5 aliphatic rings. The van der Waals surface area contributed by atoms with E-state index in [4.69, 9.17) is 21.3 Å². The van der Waals surface area contributed by atoms with Crippen molar-refractivity contribution in [3.63, 3.8) is 0 Å². The number of fused-ring (bicyclic) bond motifs is 1. The van der Waals surface area contributed by atoms with Crippen LogP contribution in [0, 0.1) is 11.8 Å². The van der Waals surface area contributed by atoms with Crippen LogP contribution in [0.3, 0.4) is 0 Å². The molecule has 0 bridgehead atoms. The van der Waals surface area contributed by atoms with Crippen molar-refractivity contribution in [2.75, 3.05) is 32.8 Å². The first-order valence-electron chi connectivity index (χ1n) is 14.8. The molecule has 2 saturated heterocycles. The van der Waals surface area contributed by atoms with Gasteiger partial charge in [-0.1, -0.05) is 68.8 Å². The molecule has 9 heteroatoms. The average molecular weight is 595 g/mol. The first kappa shape index (κ1) is 28.6. The average Bonchev–Trinajstić information content (AvgIpc) is 3.66. The predicted molar refractivity (Wildman–Crippen MR) is 164 cm³/mol. The van der Waals surface area contributed by atoms with Crippen LogP contribution < -0.4 is 0 Å². The summed E-state index contributed by atoms with van der Waals surface area (Å²) in [6.07, 6.45) is 6.49. The van der Waals surface area contributed by atoms with Gasteiger partial charge in [0.2, 0.25) is 5.91 Å². The van der Waals surface area contributed by atoms with E-state index in [1.165, 1.54) is 17.3 Å². The van der Waals surface area contributed by atoms with Gasteiger partial charge in [-0.2, -0.15) is 0 Å². The molecule has 6 rings (SSSR count). The van der Waals surface area contributed by atoms with Crippen LogP contribution in [0.1, 0.15) is 58.6 Å². The molecular weight excluding hydrogens is 556 g/mol. The number of rotatable bonds is 5. The molecular formula is C32H39ClN4O3S. The summed E-state index contributed by atoms with van der Waals surface area (Å²) in [6, 6.07) is 9.99. The lowest BCUT2D eigenvalue weighted by atomic mass is 9.73. The number of ether oxygens (including phenoxy) is 1. The number of carbonyl (C=O) groups excluding carboxylic acids is 2. The van der Waals surface area contributed by atoms with Gasteiger partial charge in [-0.25, -0.2) is 4.99 Å². The molecule has 0 N–H and O–H groups in total. The number of benzene rings is 1. The monoisotopic (exact) mass is 594 g/mol. The molecule has 2 amide bonds. The molecule has 0 radical (unpaired) electrons. The number of allylic oxidation sites excluding steroid dienone is 4. The minimum atomic E-state index is -0.519. The fourth-order valence-corrected chi connectivity index (χ4v) is 8.80. The second-order valence-corrected chi connectivity index (χ2v) is 13.6. The number of aliphatic imine (C=N–C) groups is 1. The second kappa shape index (κ2) is 11.3. The highest BCUT2D eigenvalue weighted by Gasteiger charge is 2.55. The smallest absolute Gasteiger partial charge is 0.263 e. The van der Waals surface area contributed by atoms with Gasteiger partial charge < -0.3 is 19.4 Å². The van der Waals surface area contributed by atoms with Crippen molar-refractivity contribution in [3.8, 4) is 0 Å². The number of morpholine rings is 1. The largest absolute Gasteiger partial charge is 0.378 e. The summed E-state index contributed by atoms with van der Waals surface area (Å²) in [7, 11) is 0. The zero-order chi connectivity index (χ0) is 28.9. The van der Waals surface area contributed by atoms with Gasteiger partial charge in [-0.05, 0) is 67.0 Å². The molecule has 218 valence electrons. The zero-order valence-corrected chi connectivity index (χ0v) is 25.9. The van der Waals surface area contributed by atoms with Gasteiger partial charge in [0.25, 0.3) is 5.91 Å². The third kappa shape index (κ3) is 4.96. The summed E-state index contributed by atoms with van der Waals surface area (Å²) in [5.41, 5.74) is 2.90. The number of hydrogen-bond donors (Lipinski definition) is 0. The van der Waals surface area contributed by atoms with Crippen molar-refractivity contribution in [3.05, 3.63) is 69.3 Å². The van der Waals surface area contributed by atoms with Gasteiger partial charge in [-0.15, -0.1) is 0 Å². The normalized spacial score (nSPS) is 30.0. The van der Waals surface area contributed by atoms with E-state index in [1.54, 1.807) is 0 Å². The Morgan fingerprint density at radius 2 is 1.85 bits per heavy atom. The lowest BCUT2D eigenvalue weighted by Crippen LogP contribution is -2.51. The molecule has 0 saturated carbocycles. The van der Waals surface area contributed by atoms with Crippen molar-refractivity contribution in [2.45, 2.75) is 64.6 Å². The van der Waals surface area contributed by atoms with E-state index in [0.29, 0.717) is 44.2 Å². The van der Waals surface area contributed by atoms with Crippen LogP contribution >= 0.6 is 23.4 Å². The molecule has 0 aromatic heterocycles. The fourth-order valence-electron chi connectivity index (χ4n) is 7.14. The number of nitrogens with zero attached hydrogens (tertiary/aromatic N) is 4. The van der Waals surface area contributed by atoms with Gasteiger partial charge in [0.05, 0.1) is 19.3 Å². The van der Waals surface area contributed by atoms with E-state index in [-0.39, 0.29) is 29.7 Å². The van der Waals surface area contributed by atoms with Crippen molar-refractivity contribution in [2.24, 2.45) is 16.8 Å². The molecule has 2 fully saturated rings. The van der Waals surface area contributed by atoms with E-state index in [2.05, 4.69) is 62.9 Å². The molecule has 3 unspecified atom stereocenters. The van der Waals surface area contributed by atoms with Gasteiger partial charge >= 0.3 is 0 Å². The summed E-state index contributed by atoms with van der Waals surface area (Å²) in [6.45, 7) is 11.6. The Balaban J connectivity index is 1.38. The standard InChI is InChI=1S/C32H39ClN4O3S/c1-20(2)26-27(30(39)36-14-8-11-25(36)29(38)35-15-17-40-18-16-35)41-31-34-32(4,24-13-12-23(33)19-21(24)3)28(37(26)31)22-9-6-5-7-10-22/h5-7,9-10,12-13,20-21,25,28H,8,11,14-19H2,1-4H3/t21?,25-,28?,32?/m0/s1. The van der Waals surface area contributed by atoms with Gasteiger partial charge in [0, 0.05) is 30.4 Å². The Hall–Kier alpha value is -2.55. The number of amides is 2. The number of halogens is 1. The molecule has 4 heterocycles. The van der Waals surface area contributed by atoms with Crippen LogP contribution in [0.15, 0.2) is 68.7 Å². The minimum absolute atomic E-state index is 0.0476. The Morgan fingerprint density at radius 3 is 2.54 bits per heavy atom. The molecule has 4 atom stereocenters. The molecule has 7 nitrogen and oxygen atoms in total. The maximum Gasteiger partial charge on any atom is 0.263 e. The minimum Gasteiger partial charge on any atom is -0.378 e. The van der Waals surface area contributed by atoms with Crippen molar-refractivity contribution >= 4 is 40.3 Å². The van der Waals surface area contributed by atoms with E-state index in [9.17, 15) is 9.59 Å². The second-order valence-electron chi connectivity index (χ2n) is 12.1. The summed E-state index contributed by atoms with van der Waals surface area (Å²) < 4.78 is 5.45. The number of carbonyl (C=O) groups is 2. The molecule has 0 spiro atoms. The molecule has 1 aromatic carbocycles. The Kier molecular flexibility index (Phi) is 7.85. The van der Waals surface area contributed by atoms with Crippen LogP contribution in [0.5, 0.6) is 0 Å². The highest BCUT2D eigenvalue weighted by Crippen LogP contribution is 2.56. The lowest BCUT2D eigenvalue weighted by molar-refractivity contribution is -0.144. The van der Waals surface area contributed by atoms with Crippen LogP contribution in [-0.4, -0.2) is 76.1 Å². The quantitative estimate of drug-likeness (QED) is 0.437. The van der Waals surface area contributed by atoms with Crippen molar-refractivity contribution in [1.82, 2.24) is 14.7 Å². The summed E-state index contributed by atoms with van der Waals surface area (Å²) >= 11 is 7.91. The molecule has 1 aliphatic carbocycles. The Morgan fingerprint density at radius 1 is 1.12 bits per heavy atom. The zero-order valence-electron chi connectivity index (χ0n) is 24.3. The Bertz CT molecular complexity index is 1350. The Labute approximate surface area is 252 Å². The van der Waals surface area contributed by atoms with Crippen LogP contribution in [0.25, 0.3) is 0 Å². The number of likely N-dealkylation sites (tertiary alicyclic amines) is 1. The van der Waals surface area contributed by atoms with E-state index in [0.717, 1.165) is 34.3 Å². The molecule has 41 heavy (non-hydrogen) atoms. The topological polar surface area (TPSA) is 65.5 Å². The van der Waals surface area contributed by atoms with Gasteiger partial charge in [-0.3, -0.25) is 9.59 Å². The van der Waals surface area contributed by atoms with E-state index < -0.39 is 11.6 Å². The van der Waals surface area contributed by atoms with E-state index in [1.807, 2.05) is 21.9 Å². The predicted octanol–water partition coefficient (Wildman–Crippen LogP) is 5.71. The SMILES string of the molecule is CC(C)C1=C(C(=O)N2CCC[C@H]2C(=O)N2CCOCC2)SC2=NC(C)(C3=CC=C(Cl)CC3C)C(c3ccccc3)N21. The number of thioether (sulfide) groups is 1. The lowest BCUT2D eigenvalue weighted by Gasteiger charge is -2.40. The molecule has 1 aromatic rings. The van der Waals surface area contributed by atoms with Gasteiger partial charge in [0.15, 0.2) is 5.17 Å². The highest BCUT2D eigenvalue weighted by molar-refractivity contribution is 8.18. The van der Waals surface area contributed by atoms with Crippen molar-refractivity contribution in [1.29, 1.82) is 0 Å². The highest BCUT2D eigenvalue weighted by atomic mass is 35.5. The summed E-state index contributed by atoms with van der Waals surface area (Å²) in [5.74, 6) is 0.341. The van der Waals surface area contributed by atoms with Crippen molar-refractivity contribution < 1.29 is 14.3 Å². The molecule has 4 aliphatic heterocycles. The van der Waals surface area contributed by atoms with Gasteiger partial charge in [0.1, 0.15) is 16.5 Å². The summed E-state index contributed by atoms with van der Waals surface area (Å²) in [4.78, 5) is 39.9. The fraction of sp³-hybridized carbons (Fsp3) is 0.531. The number of amidine groups is 1. The van der Waals surface area contributed by atoms with Crippen LogP contribution in [0.4, 0.5) is 0 Å². The first-order valence-corrected chi connectivity index (χ1v) is 16.0. The van der Waals surface area contributed by atoms with Crippen LogP contribution in [0.2, 0.25) is 0 Å². The maximum atomic E-state index is 14.3. The first-order chi connectivity index (χ1) is 19.7. The third-order valence-electron chi connectivity index (χ3n) is 9.05.